The van der Waals surface area contributed by atoms with Crippen LogP contribution in [0.15, 0.2) is 30.5 Å². The van der Waals surface area contributed by atoms with Gasteiger partial charge in [0, 0.05) is 6.54 Å². The Balaban J connectivity index is 1.78. The number of rotatable bonds is 7. The number of anilines is 1. The van der Waals surface area contributed by atoms with Crippen molar-refractivity contribution in [1.82, 2.24) is 8.75 Å². The summed E-state index contributed by atoms with van der Waals surface area (Å²) in [7, 11) is 1.61. The van der Waals surface area contributed by atoms with Gasteiger partial charge < -0.3 is 19.9 Å². The van der Waals surface area contributed by atoms with Gasteiger partial charge >= 0.3 is 0 Å². The second-order valence-electron chi connectivity index (χ2n) is 3.79. The van der Waals surface area contributed by atoms with E-state index in [4.69, 9.17) is 9.47 Å². The molecule has 1 heterocycles. The molecular weight excluding hydrogens is 266 g/mol. The fourth-order valence-electron chi connectivity index (χ4n) is 1.48. The molecule has 6 nitrogen and oxygen atoms in total. The highest BCUT2D eigenvalue weighted by atomic mass is 32.1. The van der Waals surface area contributed by atoms with Gasteiger partial charge in [0.2, 0.25) is 5.88 Å². The highest BCUT2D eigenvalue weighted by molar-refractivity contribution is 6.99. The van der Waals surface area contributed by atoms with Crippen LogP contribution in [0.5, 0.6) is 11.6 Å². The van der Waals surface area contributed by atoms with E-state index in [9.17, 15) is 5.11 Å². The standard InChI is InChI=1S/C12H15N3O3S/c1-17-11-5-3-2-4-10(11)13-6-9(16)8-18-12-7-14-19-15-12/h2-5,7,9,13,16H,6,8H2,1H3. The molecule has 0 saturated carbocycles. The molecule has 0 aliphatic carbocycles. The van der Waals surface area contributed by atoms with Crippen LogP contribution in [0.1, 0.15) is 0 Å². The maximum absolute atomic E-state index is 9.80. The topological polar surface area (TPSA) is 76.5 Å². The van der Waals surface area contributed by atoms with Crippen LogP contribution in [0.3, 0.4) is 0 Å². The molecule has 1 aromatic heterocycles. The number of methoxy groups -OCH3 is 1. The van der Waals surface area contributed by atoms with E-state index in [1.807, 2.05) is 24.3 Å². The molecule has 0 fully saturated rings. The third-order valence-electron chi connectivity index (χ3n) is 2.40. The fourth-order valence-corrected chi connectivity index (χ4v) is 1.84. The summed E-state index contributed by atoms with van der Waals surface area (Å²) in [5.41, 5.74) is 0.833. The van der Waals surface area contributed by atoms with Crippen LogP contribution < -0.4 is 14.8 Å². The lowest BCUT2D eigenvalue weighted by Crippen LogP contribution is -2.26. The van der Waals surface area contributed by atoms with E-state index in [0.29, 0.717) is 12.4 Å². The first-order chi connectivity index (χ1) is 9.29. The predicted octanol–water partition coefficient (Wildman–Crippen LogP) is 1.40. The van der Waals surface area contributed by atoms with Crippen LogP contribution in [0.2, 0.25) is 0 Å². The molecule has 0 radical (unpaired) electrons. The van der Waals surface area contributed by atoms with Crippen molar-refractivity contribution in [2.24, 2.45) is 0 Å². The molecule has 7 heteroatoms. The lowest BCUT2D eigenvalue weighted by molar-refractivity contribution is 0.115. The normalized spacial score (nSPS) is 11.9. The van der Waals surface area contributed by atoms with Crippen LogP contribution in [0.25, 0.3) is 0 Å². The van der Waals surface area contributed by atoms with Crippen molar-refractivity contribution in [2.75, 3.05) is 25.6 Å². The van der Waals surface area contributed by atoms with Crippen LogP contribution in [-0.4, -0.2) is 40.2 Å². The van der Waals surface area contributed by atoms with Crippen molar-refractivity contribution >= 4 is 17.4 Å². The highest BCUT2D eigenvalue weighted by Gasteiger charge is 2.08. The summed E-state index contributed by atoms with van der Waals surface area (Å²) in [6.07, 6.45) is 0.872. The smallest absolute Gasteiger partial charge is 0.245 e. The summed E-state index contributed by atoms with van der Waals surface area (Å²) in [4.78, 5) is 0. The van der Waals surface area contributed by atoms with Crippen molar-refractivity contribution < 1.29 is 14.6 Å². The van der Waals surface area contributed by atoms with Gasteiger partial charge in [-0.25, -0.2) is 0 Å². The summed E-state index contributed by atoms with van der Waals surface area (Å²) in [6, 6.07) is 7.52. The van der Waals surface area contributed by atoms with Gasteiger partial charge in [-0.05, 0) is 12.1 Å². The number of aromatic nitrogens is 2. The Morgan fingerprint density at radius 2 is 2.26 bits per heavy atom. The zero-order valence-electron chi connectivity index (χ0n) is 10.4. The van der Waals surface area contributed by atoms with Crippen molar-refractivity contribution in [3.05, 3.63) is 30.5 Å². The number of para-hydroxylation sites is 2. The zero-order valence-corrected chi connectivity index (χ0v) is 11.3. The predicted molar refractivity (Wildman–Crippen MR) is 72.9 cm³/mol. The van der Waals surface area contributed by atoms with Crippen molar-refractivity contribution in [3.63, 3.8) is 0 Å². The quantitative estimate of drug-likeness (QED) is 0.799. The Labute approximate surface area is 115 Å². The third-order valence-corrected chi connectivity index (χ3v) is 2.86. The van der Waals surface area contributed by atoms with E-state index >= 15 is 0 Å². The summed E-state index contributed by atoms with van der Waals surface area (Å²) in [5, 5.41) is 12.9. The van der Waals surface area contributed by atoms with E-state index in [2.05, 4.69) is 14.1 Å². The maximum atomic E-state index is 9.80. The first-order valence-electron chi connectivity index (χ1n) is 5.75. The van der Waals surface area contributed by atoms with Crippen LogP contribution >= 0.6 is 11.7 Å². The Bertz CT molecular complexity index is 493. The summed E-state index contributed by atoms with van der Waals surface area (Å²) in [6.45, 7) is 0.519. The van der Waals surface area contributed by atoms with Crippen molar-refractivity contribution in [1.29, 1.82) is 0 Å². The SMILES string of the molecule is COc1ccccc1NCC(O)COc1cnsn1. The van der Waals surface area contributed by atoms with Gasteiger partial charge in [0.25, 0.3) is 0 Å². The zero-order chi connectivity index (χ0) is 13.5. The fraction of sp³-hybridized carbons (Fsp3) is 0.333. The minimum Gasteiger partial charge on any atom is -0.495 e. The number of aliphatic hydroxyl groups is 1. The molecule has 0 saturated heterocycles. The van der Waals surface area contributed by atoms with E-state index in [-0.39, 0.29) is 6.61 Å². The monoisotopic (exact) mass is 281 g/mol. The average Bonchev–Trinajstić information content (AvgIpc) is 2.96. The average molecular weight is 281 g/mol. The van der Waals surface area contributed by atoms with Gasteiger partial charge in [-0.15, -0.1) is 4.37 Å². The Morgan fingerprint density at radius 1 is 1.42 bits per heavy atom. The molecule has 102 valence electrons. The highest BCUT2D eigenvalue weighted by Crippen LogP contribution is 2.22. The number of hydrogen-bond acceptors (Lipinski definition) is 7. The summed E-state index contributed by atoms with van der Waals surface area (Å²) in [5.74, 6) is 1.17. The number of ether oxygens (including phenoxy) is 2. The minimum atomic E-state index is -0.647. The molecule has 0 spiro atoms. The van der Waals surface area contributed by atoms with Crippen molar-refractivity contribution in [2.45, 2.75) is 6.10 Å². The Kier molecular flexibility index (Phi) is 4.93. The number of nitrogens with one attached hydrogen (secondary N) is 1. The second kappa shape index (κ2) is 6.91. The van der Waals surface area contributed by atoms with Gasteiger partial charge in [0.15, 0.2) is 0 Å². The number of benzene rings is 1. The van der Waals surface area contributed by atoms with Crippen LogP contribution in [0, 0.1) is 0 Å². The minimum absolute atomic E-state index is 0.160. The largest absolute Gasteiger partial charge is 0.495 e. The second-order valence-corrected chi connectivity index (χ2v) is 4.35. The molecule has 1 atom stereocenters. The molecule has 0 bridgehead atoms. The molecule has 0 aliphatic heterocycles. The first kappa shape index (κ1) is 13.6. The van der Waals surface area contributed by atoms with Crippen molar-refractivity contribution in [3.8, 4) is 11.6 Å². The first-order valence-corrected chi connectivity index (χ1v) is 6.48. The van der Waals surface area contributed by atoms with Gasteiger partial charge in [-0.1, -0.05) is 12.1 Å². The summed E-state index contributed by atoms with van der Waals surface area (Å²) >= 11 is 1.07. The number of hydrogen-bond donors (Lipinski definition) is 2. The molecule has 0 aliphatic rings. The van der Waals surface area contributed by atoms with Gasteiger partial charge in [0.1, 0.15) is 24.7 Å². The molecule has 2 rings (SSSR count). The van der Waals surface area contributed by atoms with Gasteiger partial charge in [-0.2, -0.15) is 4.37 Å². The molecule has 2 N–H and O–H groups in total. The van der Waals surface area contributed by atoms with E-state index in [1.165, 1.54) is 6.20 Å². The number of aliphatic hydroxyl groups excluding tert-OH is 1. The molecule has 2 aromatic rings. The van der Waals surface area contributed by atoms with Gasteiger partial charge in [0.05, 0.1) is 24.5 Å². The van der Waals surface area contributed by atoms with Gasteiger partial charge in [-0.3, -0.25) is 0 Å². The molecule has 19 heavy (non-hydrogen) atoms. The lowest BCUT2D eigenvalue weighted by Gasteiger charge is -2.14. The Hall–Kier alpha value is -1.86. The maximum Gasteiger partial charge on any atom is 0.245 e. The van der Waals surface area contributed by atoms with E-state index < -0.39 is 6.10 Å². The number of nitrogens with zero attached hydrogens (tertiary/aromatic N) is 2. The van der Waals surface area contributed by atoms with Crippen LogP contribution in [0.4, 0.5) is 5.69 Å². The van der Waals surface area contributed by atoms with E-state index in [1.54, 1.807) is 7.11 Å². The molecule has 1 aromatic carbocycles. The molecule has 1 unspecified atom stereocenters. The summed E-state index contributed by atoms with van der Waals surface area (Å²) < 4.78 is 18.2. The lowest BCUT2D eigenvalue weighted by atomic mass is 10.2. The van der Waals surface area contributed by atoms with Crippen LogP contribution in [-0.2, 0) is 0 Å². The Morgan fingerprint density at radius 3 is 3.00 bits per heavy atom. The third kappa shape index (κ3) is 4.08. The molecular formula is C12H15N3O3S. The molecule has 0 amide bonds. The van der Waals surface area contributed by atoms with E-state index in [0.717, 1.165) is 23.2 Å².